The predicted molar refractivity (Wildman–Crippen MR) is 90.0 cm³/mol. The number of nitrogens with zero attached hydrogens (tertiary/aromatic N) is 1. The van der Waals surface area contributed by atoms with Crippen LogP contribution < -0.4 is 5.73 Å². The van der Waals surface area contributed by atoms with Gasteiger partial charge in [0.15, 0.2) is 0 Å². The molecule has 0 radical (unpaired) electrons. The van der Waals surface area contributed by atoms with Crippen LogP contribution in [0.3, 0.4) is 0 Å². The molecular formula is C17H28N2OS. The fourth-order valence-electron chi connectivity index (χ4n) is 2.86. The lowest BCUT2D eigenvalue weighted by molar-refractivity contribution is 0.0694. The molecular weight excluding hydrogens is 280 g/mol. The maximum absolute atomic E-state index is 12.8. The molecule has 0 saturated carbocycles. The summed E-state index contributed by atoms with van der Waals surface area (Å²) in [5.74, 6) is 0.192. The minimum atomic E-state index is -0.0261. The maximum Gasteiger partial charge on any atom is 0.263 e. The highest BCUT2D eigenvalue weighted by molar-refractivity contribution is 7.14. The van der Waals surface area contributed by atoms with Gasteiger partial charge in [-0.1, -0.05) is 20.8 Å². The van der Waals surface area contributed by atoms with Crippen LogP contribution in [0.4, 0.5) is 0 Å². The quantitative estimate of drug-likeness (QED) is 0.874. The normalized spacial score (nSPS) is 14.9. The standard InChI is InChI=1S/C17H28N2OS/c1-4-9-19(12-17(2,3)11-18)16(20)15-10-13-7-5-6-8-14(13)21-15/h10H,4-9,11-12,18H2,1-3H3. The minimum absolute atomic E-state index is 0.0261. The Morgan fingerprint density at radius 1 is 1.38 bits per heavy atom. The van der Waals surface area contributed by atoms with Crippen LogP contribution in [0.15, 0.2) is 6.07 Å². The molecule has 0 aromatic carbocycles. The Kier molecular flexibility index (Phi) is 5.44. The highest BCUT2D eigenvalue weighted by Crippen LogP contribution is 2.31. The first-order chi connectivity index (χ1) is 9.96. The summed E-state index contributed by atoms with van der Waals surface area (Å²) in [5, 5.41) is 0. The smallest absolute Gasteiger partial charge is 0.263 e. The van der Waals surface area contributed by atoms with E-state index in [1.165, 1.54) is 23.3 Å². The van der Waals surface area contributed by atoms with Crippen LogP contribution in [0.1, 0.15) is 60.1 Å². The molecule has 1 heterocycles. The molecule has 1 aromatic rings. The number of hydrogen-bond donors (Lipinski definition) is 1. The van der Waals surface area contributed by atoms with Gasteiger partial charge < -0.3 is 10.6 Å². The first-order valence-electron chi connectivity index (χ1n) is 8.08. The second-order valence-electron chi connectivity index (χ2n) is 6.86. The van der Waals surface area contributed by atoms with Crippen molar-refractivity contribution in [1.82, 2.24) is 4.90 Å². The molecule has 3 nitrogen and oxygen atoms in total. The third-order valence-electron chi connectivity index (χ3n) is 4.16. The van der Waals surface area contributed by atoms with E-state index in [1.807, 2.05) is 4.90 Å². The van der Waals surface area contributed by atoms with Crippen molar-refractivity contribution in [3.63, 3.8) is 0 Å². The lowest BCUT2D eigenvalue weighted by Crippen LogP contribution is -2.42. The Labute approximate surface area is 132 Å². The number of amides is 1. The van der Waals surface area contributed by atoms with Gasteiger partial charge in [0.2, 0.25) is 0 Å². The molecule has 0 atom stereocenters. The summed E-state index contributed by atoms with van der Waals surface area (Å²) in [6, 6.07) is 2.14. The van der Waals surface area contributed by atoms with E-state index < -0.39 is 0 Å². The van der Waals surface area contributed by atoms with Crippen LogP contribution >= 0.6 is 11.3 Å². The van der Waals surface area contributed by atoms with Crippen LogP contribution in [-0.2, 0) is 12.8 Å². The summed E-state index contributed by atoms with van der Waals surface area (Å²) in [6.07, 6.45) is 5.80. The molecule has 21 heavy (non-hydrogen) atoms. The van der Waals surface area contributed by atoms with Gasteiger partial charge in [-0.15, -0.1) is 11.3 Å². The van der Waals surface area contributed by atoms with E-state index in [2.05, 4.69) is 26.8 Å². The van der Waals surface area contributed by atoms with E-state index >= 15 is 0 Å². The topological polar surface area (TPSA) is 46.3 Å². The van der Waals surface area contributed by atoms with Crippen molar-refractivity contribution in [1.29, 1.82) is 0 Å². The molecule has 1 aromatic heterocycles. The molecule has 4 heteroatoms. The minimum Gasteiger partial charge on any atom is -0.337 e. The lowest BCUT2D eigenvalue weighted by Gasteiger charge is -2.31. The van der Waals surface area contributed by atoms with Crippen LogP contribution in [0, 0.1) is 5.41 Å². The summed E-state index contributed by atoms with van der Waals surface area (Å²) in [4.78, 5) is 17.2. The van der Waals surface area contributed by atoms with Crippen molar-refractivity contribution in [2.24, 2.45) is 11.1 Å². The van der Waals surface area contributed by atoms with E-state index in [-0.39, 0.29) is 11.3 Å². The number of hydrogen-bond acceptors (Lipinski definition) is 3. The number of fused-ring (bicyclic) bond motifs is 1. The van der Waals surface area contributed by atoms with Crippen molar-refractivity contribution in [3.05, 3.63) is 21.4 Å². The van der Waals surface area contributed by atoms with Crippen LogP contribution in [0.5, 0.6) is 0 Å². The van der Waals surface area contributed by atoms with E-state index in [9.17, 15) is 4.79 Å². The molecule has 1 aliphatic rings. The monoisotopic (exact) mass is 308 g/mol. The van der Waals surface area contributed by atoms with Gasteiger partial charge in [0.05, 0.1) is 4.88 Å². The molecule has 2 N–H and O–H groups in total. The molecule has 0 aliphatic heterocycles. The first-order valence-corrected chi connectivity index (χ1v) is 8.89. The van der Waals surface area contributed by atoms with Gasteiger partial charge in [-0.05, 0) is 55.7 Å². The van der Waals surface area contributed by atoms with Crippen molar-refractivity contribution < 1.29 is 4.79 Å². The third kappa shape index (κ3) is 4.07. The van der Waals surface area contributed by atoms with Gasteiger partial charge in [0.25, 0.3) is 5.91 Å². The fraction of sp³-hybridized carbons (Fsp3) is 0.706. The van der Waals surface area contributed by atoms with E-state index in [4.69, 9.17) is 5.73 Å². The average Bonchev–Trinajstić information content (AvgIpc) is 2.89. The van der Waals surface area contributed by atoms with E-state index in [0.717, 1.165) is 37.2 Å². The fourth-order valence-corrected chi connectivity index (χ4v) is 4.08. The third-order valence-corrected chi connectivity index (χ3v) is 5.38. The first kappa shape index (κ1) is 16.5. The second kappa shape index (κ2) is 6.93. The predicted octanol–water partition coefficient (Wildman–Crippen LogP) is 3.46. The Hall–Kier alpha value is -0.870. The van der Waals surface area contributed by atoms with Crippen LogP contribution in [0.2, 0.25) is 0 Å². The molecule has 0 unspecified atom stereocenters. The number of carbonyl (C=O) groups is 1. The van der Waals surface area contributed by atoms with Gasteiger partial charge in [0.1, 0.15) is 0 Å². The van der Waals surface area contributed by atoms with Crippen LogP contribution in [-0.4, -0.2) is 30.4 Å². The Bertz CT molecular complexity index is 469. The zero-order valence-corrected chi connectivity index (χ0v) is 14.4. The molecule has 1 amide bonds. The average molecular weight is 308 g/mol. The van der Waals surface area contributed by atoms with Crippen molar-refractivity contribution in [2.75, 3.05) is 19.6 Å². The number of carbonyl (C=O) groups excluding carboxylic acids is 1. The summed E-state index contributed by atoms with van der Waals surface area (Å²) >= 11 is 1.71. The van der Waals surface area contributed by atoms with E-state index in [0.29, 0.717) is 6.54 Å². The number of nitrogens with two attached hydrogens (primary N) is 1. The number of thiophene rings is 1. The number of aryl methyl sites for hydroxylation is 2. The molecule has 0 fully saturated rings. The molecule has 2 rings (SSSR count). The van der Waals surface area contributed by atoms with Crippen molar-refractivity contribution in [2.45, 2.75) is 52.9 Å². The maximum atomic E-state index is 12.8. The second-order valence-corrected chi connectivity index (χ2v) is 8.00. The summed E-state index contributed by atoms with van der Waals surface area (Å²) in [6.45, 7) is 8.52. The molecule has 118 valence electrons. The molecule has 0 saturated heterocycles. The van der Waals surface area contributed by atoms with Gasteiger partial charge >= 0.3 is 0 Å². The van der Waals surface area contributed by atoms with E-state index in [1.54, 1.807) is 11.3 Å². The Balaban J connectivity index is 2.15. The zero-order chi connectivity index (χ0) is 15.5. The summed E-state index contributed by atoms with van der Waals surface area (Å²) < 4.78 is 0. The Morgan fingerprint density at radius 3 is 2.71 bits per heavy atom. The van der Waals surface area contributed by atoms with Crippen molar-refractivity contribution >= 4 is 17.2 Å². The highest BCUT2D eigenvalue weighted by Gasteiger charge is 2.26. The Morgan fingerprint density at radius 2 is 2.10 bits per heavy atom. The SMILES string of the molecule is CCCN(CC(C)(C)CN)C(=O)c1cc2c(s1)CCCC2. The lowest BCUT2D eigenvalue weighted by atomic mass is 9.93. The van der Waals surface area contributed by atoms with Gasteiger partial charge in [-0.25, -0.2) is 0 Å². The zero-order valence-electron chi connectivity index (χ0n) is 13.6. The van der Waals surface area contributed by atoms with Crippen LogP contribution in [0.25, 0.3) is 0 Å². The van der Waals surface area contributed by atoms with Gasteiger partial charge in [-0.3, -0.25) is 4.79 Å². The summed E-state index contributed by atoms with van der Waals surface area (Å²) in [5.41, 5.74) is 7.21. The van der Waals surface area contributed by atoms with Gasteiger partial charge in [-0.2, -0.15) is 0 Å². The summed E-state index contributed by atoms with van der Waals surface area (Å²) in [7, 11) is 0. The van der Waals surface area contributed by atoms with Gasteiger partial charge in [0, 0.05) is 18.0 Å². The number of rotatable bonds is 6. The molecule has 1 aliphatic carbocycles. The molecule has 0 spiro atoms. The van der Waals surface area contributed by atoms with Crippen molar-refractivity contribution in [3.8, 4) is 0 Å². The largest absolute Gasteiger partial charge is 0.337 e. The molecule has 0 bridgehead atoms. The highest BCUT2D eigenvalue weighted by atomic mass is 32.1.